The maximum Gasteiger partial charge on any atom is 0.404 e. The highest BCUT2D eigenvalue weighted by molar-refractivity contribution is 6.14. The maximum atomic E-state index is 14.4. The number of esters is 1. The van der Waals surface area contributed by atoms with Crippen LogP contribution in [0.2, 0.25) is 0 Å². The lowest BCUT2D eigenvalue weighted by atomic mass is 9.83. The molecule has 0 saturated heterocycles. The molecule has 0 bridgehead atoms. The highest BCUT2D eigenvalue weighted by Gasteiger charge is 2.50. The van der Waals surface area contributed by atoms with Crippen LogP contribution in [0.15, 0.2) is 78.9 Å². The van der Waals surface area contributed by atoms with Gasteiger partial charge < -0.3 is 20.1 Å². The Balaban J connectivity index is 1.77. The Morgan fingerprint density at radius 2 is 1.54 bits per heavy atom. The summed E-state index contributed by atoms with van der Waals surface area (Å²) in [6.45, 7) is 3.39. The van der Waals surface area contributed by atoms with Crippen molar-refractivity contribution in [2.45, 2.75) is 31.5 Å². The monoisotopic (exact) mass is 480 g/mol. The van der Waals surface area contributed by atoms with Gasteiger partial charge in [0.2, 0.25) is 5.78 Å². The van der Waals surface area contributed by atoms with Crippen LogP contribution in [0.25, 0.3) is 0 Å². The third-order valence-corrected chi connectivity index (χ3v) is 6.15. The Morgan fingerprint density at radius 3 is 2.06 bits per heavy atom. The lowest BCUT2D eigenvalue weighted by molar-refractivity contribution is -0.164. The third-order valence-electron chi connectivity index (χ3n) is 6.15. The highest BCUT2D eigenvalue weighted by Crippen LogP contribution is 2.45. The summed E-state index contributed by atoms with van der Waals surface area (Å²) in [6, 6.07) is 22.4. The van der Waals surface area contributed by atoms with Gasteiger partial charge in [0.05, 0.1) is 18.0 Å². The molecule has 35 heavy (non-hydrogen) atoms. The molecule has 0 spiro atoms. The number of fused-ring (bicyclic) bond motifs is 1. The Labute approximate surface area is 202 Å². The summed E-state index contributed by atoms with van der Waals surface area (Å²) in [5, 5.41) is 15.5. The van der Waals surface area contributed by atoms with Gasteiger partial charge in [0.1, 0.15) is 6.17 Å². The molecular formula is C27H26F2N2O4. The molecule has 0 saturated carbocycles. The van der Waals surface area contributed by atoms with Crippen molar-refractivity contribution >= 4 is 23.1 Å². The quantitative estimate of drug-likeness (QED) is 0.279. The molecule has 182 valence electrons. The summed E-state index contributed by atoms with van der Waals surface area (Å²) >= 11 is 0. The topological polar surface area (TPSA) is 78.9 Å². The zero-order chi connectivity index (χ0) is 25.2. The van der Waals surface area contributed by atoms with E-state index >= 15 is 0 Å². The molecule has 1 aliphatic heterocycles. The number of nitrogens with zero attached hydrogens (tertiary/aromatic N) is 1. The number of aliphatic hydroxyl groups is 1. The molecular weight excluding hydrogens is 454 g/mol. The predicted molar refractivity (Wildman–Crippen MR) is 129 cm³/mol. The van der Waals surface area contributed by atoms with E-state index in [1.807, 2.05) is 72.5 Å². The molecule has 1 aliphatic rings. The lowest BCUT2D eigenvalue weighted by Crippen LogP contribution is -2.53. The molecule has 2 N–H and O–H groups in total. The molecule has 6 nitrogen and oxygen atoms in total. The van der Waals surface area contributed by atoms with Gasteiger partial charge in [-0.05, 0) is 43.2 Å². The van der Waals surface area contributed by atoms with Crippen LogP contribution in [-0.2, 0) is 15.1 Å². The predicted octanol–water partition coefficient (Wildman–Crippen LogP) is 4.58. The van der Waals surface area contributed by atoms with Crippen molar-refractivity contribution in [3.05, 3.63) is 95.6 Å². The van der Waals surface area contributed by atoms with E-state index in [-0.39, 0.29) is 12.2 Å². The van der Waals surface area contributed by atoms with Crippen molar-refractivity contribution in [3.8, 4) is 0 Å². The number of halogens is 2. The van der Waals surface area contributed by atoms with E-state index < -0.39 is 29.4 Å². The average Bonchev–Trinajstić information content (AvgIpc) is 3.27. The molecule has 3 aromatic rings. The fourth-order valence-electron chi connectivity index (χ4n) is 4.44. The molecule has 1 atom stereocenters. The minimum atomic E-state index is -4.30. The first-order valence-electron chi connectivity index (χ1n) is 11.4. The molecule has 4 rings (SSSR count). The molecule has 8 heteroatoms. The number of rotatable bonds is 8. The van der Waals surface area contributed by atoms with Gasteiger partial charge >= 0.3 is 11.9 Å². The number of carbonyl (C=O) groups is 2. The minimum absolute atomic E-state index is 0.265. The van der Waals surface area contributed by atoms with Crippen molar-refractivity contribution in [2.75, 3.05) is 23.4 Å². The fraction of sp³-hybridized carbons (Fsp3) is 0.259. The van der Waals surface area contributed by atoms with Crippen molar-refractivity contribution in [3.63, 3.8) is 0 Å². The molecule has 0 aliphatic carbocycles. The zero-order valence-corrected chi connectivity index (χ0v) is 19.4. The smallest absolute Gasteiger partial charge is 0.404 e. The number of benzene rings is 3. The number of ether oxygens (including phenoxy) is 1. The van der Waals surface area contributed by atoms with Gasteiger partial charge in [0.25, 0.3) is 0 Å². The van der Waals surface area contributed by atoms with Crippen LogP contribution < -0.4 is 10.2 Å². The van der Waals surface area contributed by atoms with E-state index in [1.54, 1.807) is 0 Å². The summed E-state index contributed by atoms with van der Waals surface area (Å²) in [5.74, 6) is -7.82. The minimum Gasteiger partial charge on any atom is -0.461 e. The van der Waals surface area contributed by atoms with Crippen LogP contribution in [0.5, 0.6) is 0 Å². The van der Waals surface area contributed by atoms with Gasteiger partial charge in [-0.25, -0.2) is 4.79 Å². The van der Waals surface area contributed by atoms with E-state index in [9.17, 15) is 23.5 Å². The number of carbonyl (C=O) groups excluding carboxylic acids is 2. The van der Waals surface area contributed by atoms with Crippen LogP contribution in [0.4, 0.5) is 20.2 Å². The normalized spacial score (nSPS) is 15.3. The van der Waals surface area contributed by atoms with E-state index in [4.69, 9.17) is 0 Å². The van der Waals surface area contributed by atoms with E-state index in [0.717, 1.165) is 0 Å². The van der Waals surface area contributed by atoms with Crippen molar-refractivity contribution in [2.24, 2.45) is 0 Å². The molecule has 0 fully saturated rings. The summed E-state index contributed by atoms with van der Waals surface area (Å²) in [4.78, 5) is 26.1. The molecule has 3 aromatic carbocycles. The van der Waals surface area contributed by atoms with Gasteiger partial charge in [-0.3, -0.25) is 4.79 Å². The number of hydrogen-bond donors (Lipinski definition) is 2. The van der Waals surface area contributed by atoms with E-state index in [1.165, 1.54) is 25.1 Å². The van der Waals surface area contributed by atoms with Gasteiger partial charge in [-0.15, -0.1) is 0 Å². The number of nitrogens with one attached hydrogen (secondary N) is 1. The van der Waals surface area contributed by atoms with Crippen LogP contribution >= 0.6 is 0 Å². The Bertz CT molecular complexity index is 1180. The summed E-state index contributed by atoms with van der Waals surface area (Å²) in [5.41, 5.74) is 0.466. The SMILES string of the molecule is CCOC(=O)C(F)(F)C(=O)c1ccc2c(c1)N(CC)C(C(O)(c1ccccc1)c1ccccc1)N2. The molecule has 1 heterocycles. The number of ketones is 1. The fourth-order valence-corrected chi connectivity index (χ4v) is 4.44. The lowest BCUT2D eigenvalue weighted by Gasteiger charge is -2.40. The first-order chi connectivity index (χ1) is 16.7. The first kappa shape index (κ1) is 24.3. The van der Waals surface area contributed by atoms with Crippen LogP contribution in [-0.4, -0.2) is 42.1 Å². The second-order valence-corrected chi connectivity index (χ2v) is 8.19. The average molecular weight is 481 g/mol. The highest BCUT2D eigenvalue weighted by atomic mass is 19.3. The largest absolute Gasteiger partial charge is 0.461 e. The number of anilines is 2. The summed E-state index contributed by atoms with van der Waals surface area (Å²) < 4.78 is 33.2. The summed E-state index contributed by atoms with van der Waals surface area (Å²) in [6.07, 6.45) is -0.705. The summed E-state index contributed by atoms with van der Waals surface area (Å²) in [7, 11) is 0. The van der Waals surface area contributed by atoms with Crippen molar-refractivity contribution in [1.82, 2.24) is 0 Å². The van der Waals surface area contributed by atoms with Gasteiger partial charge in [-0.1, -0.05) is 60.7 Å². The molecule has 0 radical (unpaired) electrons. The van der Waals surface area contributed by atoms with Gasteiger partial charge in [0.15, 0.2) is 5.60 Å². The number of Topliss-reactive ketones (excluding diaryl/α,β-unsaturated/α-hetero) is 1. The third kappa shape index (κ3) is 4.14. The van der Waals surface area contributed by atoms with Gasteiger partial charge in [0, 0.05) is 12.1 Å². The molecule has 0 aromatic heterocycles. The second-order valence-electron chi connectivity index (χ2n) is 8.19. The van der Waals surface area contributed by atoms with Crippen LogP contribution in [0.1, 0.15) is 35.3 Å². The standard InChI is InChI=1S/C27H26F2N2O4/c1-3-31-22-17-18(23(32)27(28,29)25(33)35-4-2)15-16-21(22)30-24(31)26(34,19-11-7-5-8-12-19)20-13-9-6-10-14-20/h5-17,24,30,34H,3-4H2,1-2H3. The maximum absolute atomic E-state index is 14.4. The van der Waals surface area contributed by atoms with Gasteiger partial charge in [-0.2, -0.15) is 8.78 Å². The van der Waals surface area contributed by atoms with Crippen LogP contribution in [0.3, 0.4) is 0 Å². The Morgan fingerprint density at radius 1 is 0.971 bits per heavy atom. The first-order valence-corrected chi connectivity index (χ1v) is 11.4. The molecule has 0 amide bonds. The van der Waals surface area contributed by atoms with E-state index in [0.29, 0.717) is 29.0 Å². The Kier molecular flexibility index (Phi) is 6.58. The number of likely N-dealkylation sites (N-methyl/N-ethyl adjacent to an activating group) is 1. The number of hydrogen-bond acceptors (Lipinski definition) is 6. The van der Waals surface area contributed by atoms with Crippen molar-refractivity contribution in [1.29, 1.82) is 0 Å². The molecule has 1 unspecified atom stereocenters. The second kappa shape index (κ2) is 9.46. The van der Waals surface area contributed by atoms with Crippen molar-refractivity contribution < 1.29 is 28.2 Å². The van der Waals surface area contributed by atoms with Crippen LogP contribution in [0, 0.1) is 0 Å². The zero-order valence-electron chi connectivity index (χ0n) is 19.4. The van der Waals surface area contributed by atoms with E-state index in [2.05, 4.69) is 10.1 Å². The number of alkyl halides is 2. The Hall–Kier alpha value is -3.78.